The van der Waals surface area contributed by atoms with Crippen LogP contribution in [0, 0.1) is 0 Å². The van der Waals surface area contributed by atoms with Crippen LogP contribution in [0.25, 0.3) is 10.6 Å². The molecule has 0 aliphatic rings. The summed E-state index contributed by atoms with van der Waals surface area (Å²) in [7, 11) is 0. The van der Waals surface area contributed by atoms with E-state index >= 15 is 0 Å². The summed E-state index contributed by atoms with van der Waals surface area (Å²) in [5, 5.41) is 10.8. The highest BCUT2D eigenvalue weighted by atomic mass is 35.5. The maximum atomic E-state index is 6.09. The first-order valence-electron chi connectivity index (χ1n) is 4.55. The van der Waals surface area contributed by atoms with Crippen molar-refractivity contribution in [2.75, 3.05) is 5.88 Å². The number of rotatable bonds is 3. The van der Waals surface area contributed by atoms with Gasteiger partial charge in [0, 0.05) is 17.9 Å². The second-order valence-electron chi connectivity index (χ2n) is 3.04. The molecule has 1 heterocycles. The van der Waals surface area contributed by atoms with Gasteiger partial charge in [0.05, 0.1) is 10.0 Å². The van der Waals surface area contributed by atoms with Crippen molar-refractivity contribution in [3.63, 3.8) is 0 Å². The molecule has 0 saturated carbocycles. The fourth-order valence-corrected chi connectivity index (χ4v) is 2.82. The van der Waals surface area contributed by atoms with Gasteiger partial charge in [-0.2, -0.15) is 0 Å². The Hall–Kier alpha value is -0.350. The van der Waals surface area contributed by atoms with E-state index in [1.165, 1.54) is 11.3 Å². The lowest BCUT2D eigenvalue weighted by Crippen LogP contribution is -1.83. The summed E-state index contributed by atoms with van der Waals surface area (Å²) in [4.78, 5) is 0. The Morgan fingerprint density at radius 1 is 1.19 bits per heavy atom. The molecule has 6 heteroatoms. The summed E-state index contributed by atoms with van der Waals surface area (Å²) in [6, 6.07) is 5.46. The number of alkyl halides is 1. The standard InChI is InChI=1S/C10H7Cl3N2S/c11-5-4-8-14-15-10(16-8)6-2-1-3-7(12)9(6)13/h1-3H,4-5H2. The van der Waals surface area contributed by atoms with E-state index in [4.69, 9.17) is 34.8 Å². The lowest BCUT2D eigenvalue weighted by atomic mass is 10.2. The van der Waals surface area contributed by atoms with Crippen LogP contribution < -0.4 is 0 Å². The normalized spacial score (nSPS) is 10.7. The molecule has 16 heavy (non-hydrogen) atoms. The van der Waals surface area contributed by atoms with Crippen LogP contribution in [0.5, 0.6) is 0 Å². The zero-order valence-electron chi connectivity index (χ0n) is 8.08. The van der Waals surface area contributed by atoms with E-state index in [2.05, 4.69) is 10.2 Å². The average molecular weight is 294 g/mol. The van der Waals surface area contributed by atoms with Gasteiger partial charge in [0.25, 0.3) is 0 Å². The first-order valence-corrected chi connectivity index (χ1v) is 6.66. The molecule has 0 radical (unpaired) electrons. The van der Waals surface area contributed by atoms with Gasteiger partial charge in [-0.1, -0.05) is 46.7 Å². The van der Waals surface area contributed by atoms with Gasteiger partial charge < -0.3 is 0 Å². The van der Waals surface area contributed by atoms with E-state index in [1.54, 1.807) is 6.07 Å². The van der Waals surface area contributed by atoms with Gasteiger partial charge in [0.1, 0.15) is 10.0 Å². The minimum atomic E-state index is 0.512. The fourth-order valence-electron chi connectivity index (χ4n) is 1.21. The SMILES string of the molecule is ClCCc1nnc(-c2cccc(Cl)c2Cl)s1. The molecule has 0 aliphatic carbocycles. The molecule has 2 rings (SSSR count). The van der Waals surface area contributed by atoms with Gasteiger partial charge in [0.2, 0.25) is 0 Å². The molecule has 0 fully saturated rings. The van der Waals surface area contributed by atoms with Crippen LogP contribution in [0.1, 0.15) is 5.01 Å². The van der Waals surface area contributed by atoms with Gasteiger partial charge in [-0.15, -0.1) is 21.8 Å². The lowest BCUT2D eigenvalue weighted by Gasteiger charge is -2.00. The molecule has 0 bridgehead atoms. The summed E-state index contributed by atoms with van der Waals surface area (Å²) >= 11 is 19.2. The van der Waals surface area contributed by atoms with Crippen molar-refractivity contribution >= 4 is 46.1 Å². The van der Waals surface area contributed by atoms with Crippen LogP contribution in [0.4, 0.5) is 0 Å². The molecule has 0 atom stereocenters. The van der Waals surface area contributed by atoms with Gasteiger partial charge >= 0.3 is 0 Å². The highest BCUT2D eigenvalue weighted by Crippen LogP contribution is 2.34. The zero-order valence-corrected chi connectivity index (χ0v) is 11.2. The molecule has 1 aromatic heterocycles. The van der Waals surface area contributed by atoms with Crippen molar-refractivity contribution in [3.05, 3.63) is 33.3 Å². The molecular weight excluding hydrogens is 287 g/mol. The summed E-state index contributed by atoms with van der Waals surface area (Å²) in [5.41, 5.74) is 0.812. The van der Waals surface area contributed by atoms with E-state index in [0.717, 1.165) is 22.0 Å². The predicted molar refractivity (Wildman–Crippen MR) is 69.8 cm³/mol. The fraction of sp³-hybridized carbons (Fsp3) is 0.200. The van der Waals surface area contributed by atoms with Crippen LogP contribution in [-0.2, 0) is 6.42 Å². The second-order valence-corrected chi connectivity index (χ2v) is 5.27. The third-order valence-corrected chi connectivity index (χ3v) is 3.98. The molecule has 0 unspecified atom stereocenters. The van der Waals surface area contributed by atoms with Crippen molar-refractivity contribution in [1.82, 2.24) is 10.2 Å². The van der Waals surface area contributed by atoms with Gasteiger partial charge in [-0.05, 0) is 6.07 Å². The first-order chi connectivity index (χ1) is 7.72. The Bertz CT molecular complexity index is 499. The Kier molecular flexibility index (Phi) is 4.03. The molecule has 0 saturated heterocycles. The molecule has 1 aromatic carbocycles. The van der Waals surface area contributed by atoms with Crippen molar-refractivity contribution in [2.45, 2.75) is 6.42 Å². The predicted octanol–water partition coefficient (Wildman–Crippen LogP) is 4.29. The first kappa shape index (κ1) is 12.1. The number of hydrogen-bond donors (Lipinski definition) is 0. The number of benzene rings is 1. The van der Waals surface area contributed by atoms with Gasteiger partial charge in [-0.3, -0.25) is 0 Å². The Labute approximate surface area is 112 Å². The van der Waals surface area contributed by atoms with Crippen LogP contribution >= 0.6 is 46.1 Å². The van der Waals surface area contributed by atoms with E-state index in [0.29, 0.717) is 15.9 Å². The third kappa shape index (κ3) is 2.48. The Balaban J connectivity index is 2.39. The molecule has 0 N–H and O–H groups in total. The summed E-state index contributed by atoms with van der Waals surface area (Å²) < 4.78 is 0. The Morgan fingerprint density at radius 3 is 2.75 bits per heavy atom. The van der Waals surface area contributed by atoms with Crippen molar-refractivity contribution in [2.24, 2.45) is 0 Å². The maximum absolute atomic E-state index is 6.09. The van der Waals surface area contributed by atoms with E-state index < -0.39 is 0 Å². The van der Waals surface area contributed by atoms with E-state index in [-0.39, 0.29) is 0 Å². The molecule has 0 aliphatic heterocycles. The number of hydrogen-bond acceptors (Lipinski definition) is 3. The quantitative estimate of drug-likeness (QED) is 0.789. The lowest BCUT2D eigenvalue weighted by molar-refractivity contribution is 0.990. The largest absolute Gasteiger partial charge is 0.149 e. The molecule has 0 spiro atoms. The van der Waals surface area contributed by atoms with E-state index in [9.17, 15) is 0 Å². The molecule has 2 aromatic rings. The zero-order chi connectivity index (χ0) is 11.5. The van der Waals surface area contributed by atoms with Crippen LogP contribution in [-0.4, -0.2) is 16.1 Å². The van der Waals surface area contributed by atoms with Crippen LogP contribution in [0.15, 0.2) is 18.2 Å². The van der Waals surface area contributed by atoms with Crippen LogP contribution in [0.2, 0.25) is 10.0 Å². The number of nitrogens with zero attached hydrogens (tertiary/aromatic N) is 2. The van der Waals surface area contributed by atoms with Gasteiger partial charge in [-0.25, -0.2) is 0 Å². The van der Waals surface area contributed by atoms with Gasteiger partial charge in [0.15, 0.2) is 0 Å². The topological polar surface area (TPSA) is 25.8 Å². The van der Waals surface area contributed by atoms with E-state index in [1.807, 2.05) is 12.1 Å². The smallest absolute Gasteiger partial charge is 0.143 e. The van der Waals surface area contributed by atoms with Crippen molar-refractivity contribution < 1.29 is 0 Å². The summed E-state index contributed by atoms with van der Waals surface area (Å²) in [6.45, 7) is 0. The third-order valence-electron chi connectivity index (χ3n) is 1.96. The summed E-state index contributed by atoms with van der Waals surface area (Å²) in [6.07, 6.45) is 0.720. The minimum Gasteiger partial charge on any atom is -0.143 e. The monoisotopic (exact) mass is 292 g/mol. The molecule has 0 amide bonds. The van der Waals surface area contributed by atoms with Crippen LogP contribution in [0.3, 0.4) is 0 Å². The average Bonchev–Trinajstić information content (AvgIpc) is 2.71. The highest BCUT2D eigenvalue weighted by molar-refractivity contribution is 7.14. The second kappa shape index (κ2) is 5.32. The molecular formula is C10H7Cl3N2S. The minimum absolute atomic E-state index is 0.512. The number of aryl methyl sites for hydroxylation is 1. The molecule has 84 valence electrons. The number of halogens is 3. The van der Waals surface area contributed by atoms with Crippen molar-refractivity contribution in [3.8, 4) is 10.6 Å². The Morgan fingerprint density at radius 2 is 2.00 bits per heavy atom. The molecule has 2 nitrogen and oxygen atoms in total. The van der Waals surface area contributed by atoms with Crippen molar-refractivity contribution in [1.29, 1.82) is 0 Å². The maximum Gasteiger partial charge on any atom is 0.149 e. The highest BCUT2D eigenvalue weighted by Gasteiger charge is 2.11. The number of aromatic nitrogens is 2. The summed E-state index contributed by atoms with van der Waals surface area (Å²) in [5.74, 6) is 0.540.